The number of nitrogens with one attached hydrogen (secondary N) is 2. The van der Waals surface area contributed by atoms with Crippen molar-refractivity contribution in [2.75, 3.05) is 38.1 Å². The molecule has 23 heavy (non-hydrogen) atoms. The van der Waals surface area contributed by atoms with Gasteiger partial charge in [-0.3, -0.25) is 9.69 Å². The molecule has 1 atom stereocenters. The molecule has 2 N–H and O–H groups in total. The van der Waals surface area contributed by atoms with Gasteiger partial charge in [-0.15, -0.1) is 24.8 Å². The van der Waals surface area contributed by atoms with Crippen molar-refractivity contribution in [2.45, 2.75) is 26.5 Å². The minimum absolute atomic E-state index is 0. The first-order chi connectivity index (χ1) is 10.2. The number of benzene rings is 1. The van der Waals surface area contributed by atoms with Crippen LogP contribution in [0.4, 0.5) is 5.69 Å². The highest BCUT2D eigenvalue weighted by Gasteiger charge is 2.25. The van der Waals surface area contributed by atoms with Gasteiger partial charge < -0.3 is 15.4 Å². The number of carbonyl (C=O) groups is 1. The van der Waals surface area contributed by atoms with Crippen LogP contribution in [0.1, 0.15) is 19.4 Å². The Kier molecular flexibility index (Phi) is 11.2. The van der Waals surface area contributed by atoms with Gasteiger partial charge in [0.2, 0.25) is 0 Å². The minimum Gasteiger partial charge on any atom is -0.366 e. The van der Waals surface area contributed by atoms with Crippen LogP contribution in [0.2, 0.25) is 0 Å². The lowest BCUT2D eigenvalue weighted by Crippen LogP contribution is -2.47. The van der Waals surface area contributed by atoms with Gasteiger partial charge in [-0.25, -0.2) is 0 Å². The predicted octanol–water partition coefficient (Wildman–Crippen LogP) is 2.30. The standard InChI is InChI=1S/C16H25N3O2.2ClH/c1-3-17-11-13-6-5-7-14(10-13)18-16(20)15-12-19(4-2)8-9-21-15;;/h5-7,10,15,17H,3-4,8-9,11-12H2,1-2H3,(H,18,20);2*1H. The Hall–Kier alpha value is -0.850. The second-order valence-electron chi connectivity index (χ2n) is 5.22. The molecule has 1 amide bonds. The maximum Gasteiger partial charge on any atom is 0.254 e. The predicted molar refractivity (Wildman–Crippen MR) is 98.8 cm³/mol. The molecule has 1 aliphatic rings. The summed E-state index contributed by atoms with van der Waals surface area (Å²) in [7, 11) is 0. The Morgan fingerprint density at radius 1 is 1.35 bits per heavy atom. The molecular formula is C16H27Cl2N3O2. The van der Waals surface area contributed by atoms with Crippen molar-refractivity contribution < 1.29 is 9.53 Å². The van der Waals surface area contributed by atoms with Gasteiger partial charge in [-0.2, -0.15) is 0 Å². The topological polar surface area (TPSA) is 53.6 Å². The van der Waals surface area contributed by atoms with Crippen molar-refractivity contribution in [3.63, 3.8) is 0 Å². The SMILES string of the molecule is CCNCc1cccc(NC(=O)C2CN(CC)CCO2)c1.Cl.Cl. The average molecular weight is 364 g/mol. The summed E-state index contributed by atoms with van der Waals surface area (Å²) >= 11 is 0. The first-order valence-corrected chi connectivity index (χ1v) is 7.67. The largest absolute Gasteiger partial charge is 0.366 e. The fourth-order valence-electron chi connectivity index (χ4n) is 2.40. The molecule has 1 unspecified atom stereocenters. The lowest BCUT2D eigenvalue weighted by molar-refractivity contribution is -0.132. The number of hydrogen-bond acceptors (Lipinski definition) is 4. The molecule has 0 bridgehead atoms. The average Bonchev–Trinajstić information content (AvgIpc) is 2.53. The molecule has 132 valence electrons. The highest BCUT2D eigenvalue weighted by atomic mass is 35.5. The highest BCUT2D eigenvalue weighted by molar-refractivity contribution is 5.94. The van der Waals surface area contributed by atoms with Crippen molar-refractivity contribution in [1.29, 1.82) is 0 Å². The number of amides is 1. The van der Waals surface area contributed by atoms with E-state index in [9.17, 15) is 4.79 Å². The van der Waals surface area contributed by atoms with E-state index in [-0.39, 0.29) is 36.8 Å². The van der Waals surface area contributed by atoms with E-state index in [0.717, 1.165) is 37.4 Å². The molecule has 0 aromatic heterocycles. The summed E-state index contributed by atoms with van der Waals surface area (Å²) in [5.41, 5.74) is 1.99. The molecule has 5 nitrogen and oxygen atoms in total. The van der Waals surface area contributed by atoms with Gasteiger partial charge in [0.1, 0.15) is 6.10 Å². The lowest BCUT2D eigenvalue weighted by atomic mass is 10.2. The third-order valence-electron chi connectivity index (χ3n) is 3.66. The van der Waals surface area contributed by atoms with Crippen molar-refractivity contribution in [3.8, 4) is 0 Å². The van der Waals surface area contributed by atoms with Gasteiger partial charge in [-0.1, -0.05) is 26.0 Å². The third kappa shape index (κ3) is 7.06. The number of rotatable bonds is 6. The van der Waals surface area contributed by atoms with Gasteiger partial charge in [0.25, 0.3) is 5.91 Å². The quantitative estimate of drug-likeness (QED) is 0.813. The van der Waals surface area contributed by atoms with Crippen molar-refractivity contribution in [3.05, 3.63) is 29.8 Å². The van der Waals surface area contributed by atoms with Gasteiger partial charge >= 0.3 is 0 Å². The summed E-state index contributed by atoms with van der Waals surface area (Å²) in [6.07, 6.45) is -0.379. The summed E-state index contributed by atoms with van der Waals surface area (Å²) in [6, 6.07) is 7.92. The Morgan fingerprint density at radius 3 is 2.83 bits per heavy atom. The van der Waals surface area contributed by atoms with Crippen molar-refractivity contribution in [1.82, 2.24) is 10.2 Å². The number of halogens is 2. The number of ether oxygens (including phenoxy) is 1. The number of likely N-dealkylation sites (N-methyl/N-ethyl adjacent to an activating group) is 1. The van der Waals surface area contributed by atoms with E-state index in [1.165, 1.54) is 0 Å². The van der Waals surface area contributed by atoms with E-state index in [2.05, 4.69) is 29.4 Å². The van der Waals surface area contributed by atoms with Crippen molar-refractivity contribution in [2.24, 2.45) is 0 Å². The monoisotopic (exact) mass is 363 g/mol. The maximum atomic E-state index is 12.3. The van der Waals surface area contributed by atoms with Gasteiger partial charge in [0, 0.05) is 25.3 Å². The summed E-state index contributed by atoms with van der Waals surface area (Å²) in [4.78, 5) is 14.5. The fourth-order valence-corrected chi connectivity index (χ4v) is 2.40. The fraction of sp³-hybridized carbons (Fsp3) is 0.562. The number of anilines is 1. The Labute approximate surface area is 151 Å². The zero-order valence-corrected chi connectivity index (χ0v) is 15.3. The summed E-state index contributed by atoms with van der Waals surface area (Å²) in [6.45, 7) is 9.05. The zero-order chi connectivity index (χ0) is 15.1. The highest BCUT2D eigenvalue weighted by Crippen LogP contribution is 2.13. The molecule has 1 saturated heterocycles. The van der Waals surface area contributed by atoms with Crippen molar-refractivity contribution >= 4 is 36.4 Å². The van der Waals surface area contributed by atoms with Crippen LogP contribution in [0.3, 0.4) is 0 Å². The Bertz CT molecular complexity index is 474. The Morgan fingerprint density at radius 2 is 2.13 bits per heavy atom. The third-order valence-corrected chi connectivity index (χ3v) is 3.66. The van der Waals surface area contributed by atoms with E-state index in [0.29, 0.717) is 13.2 Å². The van der Waals surface area contributed by atoms with E-state index in [1.54, 1.807) is 0 Å². The van der Waals surface area contributed by atoms with Gasteiger partial charge in [-0.05, 0) is 30.8 Å². The second-order valence-corrected chi connectivity index (χ2v) is 5.22. The molecule has 2 rings (SSSR count). The maximum absolute atomic E-state index is 12.3. The van der Waals surface area contributed by atoms with E-state index in [1.807, 2.05) is 24.3 Å². The smallest absolute Gasteiger partial charge is 0.254 e. The van der Waals surface area contributed by atoms with Crippen LogP contribution in [0.5, 0.6) is 0 Å². The number of nitrogens with zero attached hydrogens (tertiary/aromatic N) is 1. The zero-order valence-electron chi connectivity index (χ0n) is 13.7. The van der Waals surface area contributed by atoms with Crippen LogP contribution >= 0.6 is 24.8 Å². The number of morpholine rings is 1. The van der Waals surface area contributed by atoms with Gasteiger partial charge in [0.05, 0.1) is 6.61 Å². The minimum atomic E-state index is -0.379. The lowest BCUT2D eigenvalue weighted by Gasteiger charge is -2.31. The van der Waals surface area contributed by atoms with Crippen LogP contribution in [-0.4, -0.2) is 49.7 Å². The van der Waals surface area contributed by atoms with E-state index < -0.39 is 0 Å². The normalized spacial score (nSPS) is 17.7. The Balaban J connectivity index is 0.00000242. The number of hydrogen-bond donors (Lipinski definition) is 2. The molecule has 1 heterocycles. The molecule has 1 fully saturated rings. The summed E-state index contributed by atoms with van der Waals surface area (Å²) in [5.74, 6) is -0.0613. The van der Waals surface area contributed by atoms with Crippen LogP contribution < -0.4 is 10.6 Å². The molecule has 0 radical (unpaired) electrons. The molecule has 1 aliphatic heterocycles. The molecule has 1 aromatic carbocycles. The molecular weight excluding hydrogens is 337 g/mol. The first-order valence-electron chi connectivity index (χ1n) is 7.67. The van der Waals surface area contributed by atoms with Crippen LogP contribution in [0.25, 0.3) is 0 Å². The molecule has 7 heteroatoms. The van der Waals surface area contributed by atoms with E-state index in [4.69, 9.17) is 4.74 Å². The van der Waals surface area contributed by atoms with Crippen LogP contribution in [-0.2, 0) is 16.1 Å². The van der Waals surface area contributed by atoms with Gasteiger partial charge in [0.15, 0.2) is 0 Å². The second kappa shape index (κ2) is 11.6. The van der Waals surface area contributed by atoms with E-state index >= 15 is 0 Å². The molecule has 1 aromatic rings. The molecule has 0 spiro atoms. The summed E-state index contributed by atoms with van der Waals surface area (Å²) < 4.78 is 5.57. The number of carbonyl (C=O) groups excluding carboxylic acids is 1. The first kappa shape index (κ1) is 22.1. The van der Waals surface area contributed by atoms with Crippen LogP contribution in [0.15, 0.2) is 24.3 Å². The van der Waals surface area contributed by atoms with Crippen LogP contribution in [0, 0.1) is 0 Å². The summed E-state index contributed by atoms with van der Waals surface area (Å²) in [5, 5.41) is 6.23. The molecule has 0 aliphatic carbocycles. The molecule has 0 saturated carbocycles.